The van der Waals surface area contributed by atoms with Crippen molar-refractivity contribution >= 4 is 11.9 Å². The minimum atomic E-state index is -0.797. The number of esters is 1. The van der Waals surface area contributed by atoms with E-state index in [0.29, 0.717) is 25.9 Å². The summed E-state index contributed by atoms with van der Waals surface area (Å²) in [6, 6.07) is 0. The highest BCUT2D eigenvalue weighted by Crippen LogP contribution is 2.27. The van der Waals surface area contributed by atoms with Crippen LogP contribution in [-0.4, -0.2) is 24.0 Å². The first-order chi connectivity index (χ1) is 8.14. The maximum Gasteiger partial charge on any atom is 0.331 e. The van der Waals surface area contributed by atoms with Crippen LogP contribution in [0.2, 0.25) is 0 Å². The maximum absolute atomic E-state index is 12.0. The number of unbranched alkanes of at least 4 members (excludes halogenated alkanes) is 1. The molecule has 0 bridgehead atoms. The smallest absolute Gasteiger partial charge is 0.331 e. The lowest BCUT2D eigenvalue weighted by Crippen LogP contribution is -2.57. The van der Waals surface area contributed by atoms with Crippen molar-refractivity contribution in [2.45, 2.75) is 51.0 Å². The molecule has 1 fully saturated rings. The summed E-state index contributed by atoms with van der Waals surface area (Å²) in [5.41, 5.74) is -0.797. The summed E-state index contributed by atoms with van der Waals surface area (Å²) >= 11 is 0. The largest absolute Gasteiger partial charge is 0.464 e. The molecule has 1 saturated heterocycles. The molecule has 0 aromatic heterocycles. The second kappa shape index (κ2) is 6.42. The van der Waals surface area contributed by atoms with Crippen LogP contribution in [0.4, 0.5) is 0 Å². The van der Waals surface area contributed by atoms with Crippen molar-refractivity contribution in [3.8, 4) is 0 Å². The number of carbonyl (C=O) groups excluding carboxylic acids is 2. The van der Waals surface area contributed by atoms with Gasteiger partial charge in [-0.25, -0.2) is 4.79 Å². The molecule has 0 aromatic carbocycles. The summed E-state index contributed by atoms with van der Waals surface area (Å²) in [6.45, 7) is 5.78. The van der Waals surface area contributed by atoms with Gasteiger partial charge in [-0.05, 0) is 39.0 Å². The third-order valence-corrected chi connectivity index (χ3v) is 3.06. The molecule has 1 rings (SSSR count). The van der Waals surface area contributed by atoms with E-state index in [1.165, 1.54) is 0 Å². The molecule has 0 aromatic rings. The molecule has 1 amide bonds. The number of rotatable bonds is 6. The summed E-state index contributed by atoms with van der Waals surface area (Å²) < 4.78 is 5.08. The minimum Gasteiger partial charge on any atom is -0.464 e. The first-order valence-electron chi connectivity index (χ1n) is 6.24. The van der Waals surface area contributed by atoms with Crippen molar-refractivity contribution in [3.63, 3.8) is 0 Å². The lowest BCUT2D eigenvalue weighted by atomic mass is 9.84. The van der Waals surface area contributed by atoms with Gasteiger partial charge in [-0.15, -0.1) is 6.58 Å². The summed E-state index contributed by atoms with van der Waals surface area (Å²) in [6.07, 6.45) is 6.06. The summed E-state index contributed by atoms with van der Waals surface area (Å²) in [4.78, 5) is 23.5. The standard InChI is InChI=1S/C13H21NO3/c1-3-5-6-9-13(12(16)17-4-2)10-7-8-11(15)14-13/h3H,1,4-10H2,2H3,(H,14,15). The normalized spacial score (nSPS) is 23.9. The molecule has 96 valence electrons. The lowest BCUT2D eigenvalue weighted by molar-refractivity contribution is -0.155. The van der Waals surface area contributed by atoms with Crippen LogP contribution in [0.3, 0.4) is 0 Å². The molecular formula is C13H21NO3. The molecule has 0 radical (unpaired) electrons. The average molecular weight is 239 g/mol. The zero-order chi connectivity index (χ0) is 12.7. The highest BCUT2D eigenvalue weighted by molar-refractivity contribution is 5.89. The number of amides is 1. The van der Waals surface area contributed by atoms with E-state index in [2.05, 4.69) is 11.9 Å². The van der Waals surface area contributed by atoms with Gasteiger partial charge in [-0.2, -0.15) is 0 Å². The van der Waals surface area contributed by atoms with E-state index >= 15 is 0 Å². The third-order valence-electron chi connectivity index (χ3n) is 3.06. The molecule has 1 aliphatic heterocycles. The van der Waals surface area contributed by atoms with E-state index in [4.69, 9.17) is 4.74 Å². The van der Waals surface area contributed by atoms with Crippen LogP contribution in [0.25, 0.3) is 0 Å². The highest BCUT2D eigenvalue weighted by Gasteiger charge is 2.42. The average Bonchev–Trinajstić information content (AvgIpc) is 2.30. The van der Waals surface area contributed by atoms with E-state index < -0.39 is 5.54 Å². The first kappa shape index (κ1) is 13.7. The fourth-order valence-electron chi connectivity index (χ4n) is 2.20. The monoisotopic (exact) mass is 239 g/mol. The Morgan fingerprint density at radius 1 is 1.65 bits per heavy atom. The third kappa shape index (κ3) is 3.58. The lowest BCUT2D eigenvalue weighted by Gasteiger charge is -2.35. The van der Waals surface area contributed by atoms with Crippen LogP contribution in [0, 0.1) is 0 Å². The van der Waals surface area contributed by atoms with Gasteiger partial charge in [0.15, 0.2) is 0 Å². The number of hydrogen-bond acceptors (Lipinski definition) is 3. The molecule has 1 N–H and O–H groups in total. The molecule has 4 heteroatoms. The van der Waals surface area contributed by atoms with Gasteiger partial charge in [0.1, 0.15) is 5.54 Å². The number of allylic oxidation sites excluding steroid dienone is 1. The Kier molecular flexibility index (Phi) is 5.19. The second-order valence-electron chi connectivity index (χ2n) is 4.39. The van der Waals surface area contributed by atoms with Gasteiger partial charge in [0.05, 0.1) is 6.61 Å². The van der Waals surface area contributed by atoms with Gasteiger partial charge >= 0.3 is 5.97 Å². The van der Waals surface area contributed by atoms with Crippen molar-refractivity contribution < 1.29 is 14.3 Å². The molecule has 0 spiro atoms. The Hall–Kier alpha value is -1.32. The van der Waals surface area contributed by atoms with Crippen molar-refractivity contribution in [1.29, 1.82) is 0 Å². The molecule has 1 heterocycles. The second-order valence-corrected chi connectivity index (χ2v) is 4.39. The van der Waals surface area contributed by atoms with Gasteiger partial charge in [0.2, 0.25) is 5.91 Å². The van der Waals surface area contributed by atoms with Crippen LogP contribution < -0.4 is 5.32 Å². The Morgan fingerprint density at radius 3 is 3.00 bits per heavy atom. The molecule has 0 saturated carbocycles. The van der Waals surface area contributed by atoms with E-state index in [1.807, 2.05) is 6.08 Å². The zero-order valence-electron chi connectivity index (χ0n) is 10.5. The van der Waals surface area contributed by atoms with E-state index in [-0.39, 0.29) is 11.9 Å². The molecule has 1 aliphatic rings. The SMILES string of the molecule is C=CCCCC1(C(=O)OCC)CCCC(=O)N1. The van der Waals surface area contributed by atoms with Crippen molar-refractivity contribution in [2.24, 2.45) is 0 Å². The van der Waals surface area contributed by atoms with Crippen LogP contribution in [0.15, 0.2) is 12.7 Å². The topological polar surface area (TPSA) is 55.4 Å². The fourth-order valence-corrected chi connectivity index (χ4v) is 2.20. The quantitative estimate of drug-likeness (QED) is 0.438. The number of hydrogen-bond donors (Lipinski definition) is 1. The molecule has 1 atom stereocenters. The predicted molar refractivity (Wildman–Crippen MR) is 65.4 cm³/mol. The maximum atomic E-state index is 12.0. The Labute approximate surface area is 102 Å². The van der Waals surface area contributed by atoms with E-state index in [1.54, 1.807) is 6.92 Å². The molecule has 17 heavy (non-hydrogen) atoms. The predicted octanol–water partition coefficient (Wildman–Crippen LogP) is 1.94. The fraction of sp³-hybridized carbons (Fsp3) is 0.692. The van der Waals surface area contributed by atoms with Crippen LogP contribution in [0.1, 0.15) is 45.4 Å². The summed E-state index contributed by atoms with van der Waals surface area (Å²) in [7, 11) is 0. The van der Waals surface area contributed by atoms with Crippen LogP contribution >= 0.6 is 0 Å². The highest BCUT2D eigenvalue weighted by atomic mass is 16.5. The number of ether oxygens (including phenoxy) is 1. The molecule has 0 aliphatic carbocycles. The van der Waals surface area contributed by atoms with Crippen molar-refractivity contribution in [3.05, 3.63) is 12.7 Å². The van der Waals surface area contributed by atoms with Crippen molar-refractivity contribution in [1.82, 2.24) is 5.32 Å². The first-order valence-corrected chi connectivity index (χ1v) is 6.24. The number of piperidine rings is 1. The Balaban J connectivity index is 2.71. The minimum absolute atomic E-state index is 0.0529. The zero-order valence-corrected chi connectivity index (χ0v) is 10.5. The van der Waals surface area contributed by atoms with E-state index in [9.17, 15) is 9.59 Å². The van der Waals surface area contributed by atoms with Gasteiger partial charge in [0, 0.05) is 6.42 Å². The van der Waals surface area contributed by atoms with Crippen LogP contribution in [0.5, 0.6) is 0 Å². The molecular weight excluding hydrogens is 218 g/mol. The van der Waals surface area contributed by atoms with Gasteiger partial charge in [-0.3, -0.25) is 4.79 Å². The number of nitrogens with one attached hydrogen (secondary N) is 1. The summed E-state index contributed by atoms with van der Waals surface area (Å²) in [5.74, 6) is -0.347. The molecule has 4 nitrogen and oxygen atoms in total. The van der Waals surface area contributed by atoms with Crippen LogP contribution in [-0.2, 0) is 14.3 Å². The Morgan fingerprint density at radius 2 is 2.41 bits per heavy atom. The number of carbonyl (C=O) groups is 2. The summed E-state index contributed by atoms with van der Waals surface area (Å²) in [5, 5.41) is 2.83. The van der Waals surface area contributed by atoms with Crippen molar-refractivity contribution in [2.75, 3.05) is 6.61 Å². The van der Waals surface area contributed by atoms with Gasteiger partial charge in [-0.1, -0.05) is 6.08 Å². The van der Waals surface area contributed by atoms with Gasteiger partial charge < -0.3 is 10.1 Å². The Bertz CT molecular complexity index is 301. The van der Waals surface area contributed by atoms with Gasteiger partial charge in [0.25, 0.3) is 0 Å². The van der Waals surface area contributed by atoms with E-state index in [0.717, 1.165) is 19.3 Å². The molecule has 1 unspecified atom stereocenters.